The normalized spacial score (nSPS) is 10.7. The molecule has 8 rings (SSSR count). The second-order valence-corrected chi connectivity index (χ2v) is 14.4. The van der Waals surface area contributed by atoms with Crippen LogP contribution in [0.4, 0.5) is 11.4 Å². The lowest BCUT2D eigenvalue weighted by atomic mass is 9.84. The van der Waals surface area contributed by atoms with Crippen molar-refractivity contribution in [1.82, 2.24) is 19.9 Å². The number of pyridine rings is 4. The molecule has 302 valence electrons. The van der Waals surface area contributed by atoms with Crippen molar-refractivity contribution in [3.63, 3.8) is 0 Å². The van der Waals surface area contributed by atoms with Crippen molar-refractivity contribution in [1.29, 1.82) is 10.5 Å². The zero-order chi connectivity index (χ0) is 43.8. The van der Waals surface area contributed by atoms with E-state index in [2.05, 4.69) is 28.7 Å². The van der Waals surface area contributed by atoms with Gasteiger partial charge in [-0.2, -0.15) is 20.5 Å². The number of hydrogen-bond acceptors (Lipinski definition) is 11. The summed E-state index contributed by atoms with van der Waals surface area (Å²) in [6.07, 6.45) is 0. The summed E-state index contributed by atoms with van der Waals surface area (Å²) in [6, 6.07) is 50.3. The highest BCUT2D eigenvalue weighted by atomic mass is 16.5. The number of aromatic nitrogens is 4. The summed E-state index contributed by atoms with van der Waals surface area (Å²) < 4.78 is 24.8. The molecule has 4 heterocycles. The number of nitrogens with zero attached hydrogens (tertiary/aromatic N) is 8. The van der Waals surface area contributed by atoms with E-state index in [0.29, 0.717) is 73.7 Å². The van der Waals surface area contributed by atoms with E-state index in [1.54, 1.807) is 97.1 Å². The van der Waals surface area contributed by atoms with Gasteiger partial charge in [-0.15, -0.1) is 0 Å². The van der Waals surface area contributed by atoms with Gasteiger partial charge in [-0.3, -0.25) is 15.0 Å². The lowest BCUT2D eigenvalue weighted by molar-refractivity contribution is 0.427. The summed E-state index contributed by atoms with van der Waals surface area (Å²) in [6.45, 7) is 15.2. The molecular weight excluding hydrogens is 789 g/mol. The molecule has 0 aliphatic heterocycles. The predicted molar refractivity (Wildman–Crippen MR) is 238 cm³/mol. The molecule has 0 saturated heterocycles. The molecule has 63 heavy (non-hydrogen) atoms. The van der Waals surface area contributed by atoms with Crippen molar-refractivity contribution >= 4 is 18.1 Å². The molecule has 0 saturated carbocycles. The molecule has 8 aromatic rings. The SMILES string of the molecule is [C-]#[N+]c1cccc(Oc2nc(Oc3cccc(C#N)c3)ccc2-c2cccc(C(C)(C)c3cccc(-c4ccc(Oc5cccc(C#N)c5)nc4Oc4cccc(N=C)c4)n3)n2)c1. The Kier molecular flexibility index (Phi) is 11.6. The first-order valence-corrected chi connectivity index (χ1v) is 19.5. The highest BCUT2D eigenvalue weighted by Crippen LogP contribution is 2.39. The standard InChI is InChI=1S/C51H34N8O4/c1-51(2,45-21-9-19-43(56-45)41-23-25-47(60-37-15-5-11-33(27-37)31-52)58-49(41)62-39-17-7-13-35(29-39)54-3)46-22-10-20-44(57-46)42-24-26-48(61-38-16-6-12-34(28-38)32-53)59-50(42)63-40-18-8-14-36(30-40)55-4/h5-30H,3H2,1-2H3. The van der Waals surface area contributed by atoms with E-state index in [0.717, 1.165) is 5.69 Å². The molecule has 0 fully saturated rings. The first-order valence-electron chi connectivity index (χ1n) is 19.5. The zero-order valence-electron chi connectivity index (χ0n) is 33.9. The predicted octanol–water partition coefficient (Wildman–Crippen LogP) is 12.7. The summed E-state index contributed by atoms with van der Waals surface area (Å²) in [7, 11) is 0. The first-order chi connectivity index (χ1) is 30.7. The first kappa shape index (κ1) is 40.6. The minimum Gasteiger partial charge on any atom is -0.440 e. The molecule has 0 aliphatic rings. The Morgan fingerprint density at radius 1 is 0.540 bits per heavy atom. The minimum atomic E-state index is -0.730. The van der Waals surface area contributed by atoms with Crippen LogP contribution in [0.2, 0.25) is 0 Å². The van der Waals surface area contributed by atoms with E-state index < -0.39 is 5.41 Å². The van der Waals surface area contributed by atoms with Gasteiger partial charge in [0.1, 0.15) is 23.0 Å². The molecular formula is C51H34N8O4. The van der Waals surface area contributed by atoms with Crippen LogP contribution in [0.25, 0.3) is 27.4 Å². The molecule has 0 spiro atoms. The minimum absolute atomic E-state index is 0.202. The van der Waals surface area contributed by atoms with Crippen molar-refractivity contribution in [2.75, 3.05) is 0 Å². The average molecular weight is 823 g/mol. The van der Waals surface area contributed by atoms with Crippen molar-refractivity contribution in [2.45, 2.75) is 19.3 Å². The van der Waals surface area contributed by atoms with Gasteiger partial charge in [-0.25, -0.2) is 4.85 Å². The largest absolute Gasteiger partial charge is 0.440 e. The van der Waals surface area contributed by atoms with Crippen LogP contribution < -0.4 is 18.9 Å². The van der Waals surface area contributed by atoms with E-state index in [-0.39, 0.29) is 23.5 Å². The molecule has 0 atom stereocenters. The highest BCUT2D eigenvalue weighted by Gasteiger charge is 2.28. The summed E-state index contributed by atoms with van der Waals surface area (Å²) in [5, 5.41) is 18.8. The van der Waals surface area contributed by atoms with Gasteiger partial charge >= 0.3 is 0 Å². The Balaban J connectivity index is 1.14. The second kappa shape index (κ2) is 18.0. The molecule has 4 aromatic heterocycles. The van der Waals surface area contributed by atoms with Crippen molar-refractivity contribution in [2.24, 2.45) is 4.99 Å². The quantitative estimate of drug-likeness (QED) is 0.0811. The number of benzene rings is 4. The Bertz CT molecular complexity index is 3150. The second-order valence-electron chi connectivity index (χ2n) is 14.4. The maximum Gasteiger partial charge on any atom is 0.231 e. The van der Waals surface area contributed by atoms with Crippen LogP contribution in [-0.4, -0.2) is 26.7 Å². The maximum atomic E-state index is 9.41. The van der Waals surface area contributed by atoms with Crippen molar-refractivity contribution in [3.8, 4) is 81.2 Å². The molecule has 0 aliphatic carbocycles. The molecule has 4 aromatic carbocycles. The van der Waals surface area contributed by atoms with Gasteiger partial charge in [0.05, 0.1) is 69.4 Å². The van der Waals surface area contributed by atoms with E-state index >= 15 is 0 Å². The third kappa shape index (κ3) is 9.35. The Morgan fingerprint density at radius 2 is 1.00 bits per heavy atom. The number of nitriles is 2. The third-order valence-corrected chi connectivity index (χ3v) is 9.75. The fraction of sp³-hybridized carbons (Fsp3) is 0.0588. The van der Waals surface area contributed by atoms with E-state index in [9.17, 15) is 10.5 Å². The van der Waals surface area contributed by atoms with Crippen LogP contribution in [-0.2, 0) is 5.41 Å². The summed E-state index contributed by atoms with van der Waals surface area (Å²) in [5.41, 5.74) is 4.98. The monoisotopic (exact) mass is 822 g/mol. The van der Waals surface area contributed by atoms with Crippen molar-refractivity contribution in [3.05, 3.63) is 192 Å². The lowest BCUT2D eigenvalue weighted by Gasteiger charge is -2.25. The number of rotatable bonds is 13. The Hall–Kier alpha value is -9.18. The van der Waals surface area contributed by atoms with E-state index in [1.807, 2.05) is 74.5 Å². The molecule has 0 N–H and O–H groups in total. The van der Waals surface area contributed by atoms with Gasteiger partial charge in [0.2, 0.25) is 23.5 Å². The summed E-state index contributed by atoms with van der Waals surface area (Å²) in [5.74, 6) is 2.71. The maximum absolute atomic E-state index is 9.41. The molecule has 0 radical (unpaired) electrons. The van der Waals surface area contributed by atoms with Crippen molar-refractivity contribution < 1.29 is 18.9 Å². The fourth-order valence-corrected chi connectivity index (χ4v) is 6.49. The molecule has 0 unspecified atom stereocenters. The Labute approximate surface area is 363 Å². The van der Waals surface area contributed by atoms with Crippen LogP contribution in [0.3, 0.4) is 0 Å². The topological polar surface area (TPSA) is 153 Å². The van der Waals surface area contributed by atoms with E-state index in [1.165, 1.54) is 0 Å². The molecule has 0 bridgehead atoms. The Morgan fingerprint density at radius 3 is 1.49 bits per heavy atom. The molecule has 12 nitrogen and oxygen atoms in total. The van der Waals surface area contributed by atoms with Gasteiger partial charge < -0.3 is 18.9 Å². The summed E-state index contributed by atoms with van der Waals surface area (Å²) >= 11 is 0. The molecule has 12 heteroatoms. The number of aliphatic imine (C=N–C) groups is 1. The average Bonchev–Trinajstić information content (AvgIpc) is 3.32. The summed E-state index contributed by atoms with van der Waals surface area (Å²) in [4.78, 5) is 27.4. The van der Waals surface area contributed by atoms with Crippen LogP contribution in [0.1, 0.15) is 36.4 Å². The smallest absolute Gasteiger partial charge is 0.231 e. The van der Waals surface area contributed by atoms with Crippen LogP contribution in [0, 0.1) is 29.2 Å². The zero-order valence-corrected chi connectivity index (χ0v) is 33.9. The van der Waals surface area contributed by atoms with Gasteiger partial charge in [-0.05, 0) is 118 Å². The van der Waals surface area contributed by atoms with Gasteiger partial charge in [0.25, 0.3) is 0 Å². The lowest BCUT2D eigenvalue weighted by Crippen LogP contribution is -2.22. The number of ether oxygens (including phenoxy) is 4. The number of hydrogen-bond donors (Lipinski definition) is 0. The van der Waals surface area contributed by atoms with Gasteiger partial charge in [-0.1, -0.05) is 42.5 Å². The van der Waals surface area contributed by atoms with Gasteiger partial charge in [0, 0.05) is 23.6 Å². The third-order valence-electron chi connectivity index (χ3n) is 9.75. The van der Waals surface area contributed by atoms with Crippen LogP contribution in [0.5, 0.6) is 46.5 Å². The fourth-order valence-electron chi connectivity index (χ4n) is 6.49. The molecule has 0 amide bonds. The van der Waals surface area contributed by atoms with Crippen LogP contribution >= 0.6 is 0 Å². The highest BCUT2D eigenvalue weighted by molar-refractivity contribution is 5.69. The van der Waals surface area contributed by atoms with E-state index in [4.69, 9.17) is 45.5 Å². The van der Waals surface area contributed by atoms with Gasteiger partial charge in [0.15, 0.2) is 5.69 Å². The van der Waals surface area contributed by atoms with Crippen LogP contribution in [0.15, 0.2) is 163 Å².